The highest BCUT2D eigenvalue weighted by Gasteiger charge is 2.43. The van der Waals surface area contributed by atoms with Crippen LogP contribution in [0.3, 0.4) is 0 Å². The number of nitrogens with zero attached hydrogens (tertiary/aromatic N) is 1. The molecule has 1 aromatic heterocycles. The first-order valence-corrected chi connectivity index (χ1v) is 19.1. The molecule has 2 heterocycles. The number of aryl methyl sites for hydroxylation is 1. The maximum absolute atomic E-state index is 13.6. The molecule has 2 unspecified atom stereocenters. The van der Waals surface area contributed by atoms with Gasteiger partial charge in [0.05, 0.1) is 12.2 Å². The zero-order valence-electron chi connectivity index (χ0n) is 25.1. The van der Waals surface area contributed by atoms with Crippen LogP contribution < -0.4 is 11.2 Å². The Labute approximate surface area is 246 Å². The number of carbonyl (C=O) groups is 1. The van der Waals surface area contributed by atoms with Gasteiger partial charge in [0.25, 0.3) is 5.56 Å². The second-order valence-corrected chi connectivity index (χ2v) is 19.9. The maximum Gasteiger partial charge on any atom is 0.338 e. The number of ether oxygens (including phenoxy) is 2. The summed E-state index contributed by atoms with van der Waals surface area (Å²) in [5.74, 6) is 1.19. The molecule has 1 saturated heterocycles. The SMILES string of the molecule is Cc1cn([C@H]2CC(OC(=O)c3ccccc3C(C)SSCC(C)C)[C@@H](CO[Si](C)(C)C(C)(C)C)O2)c(=O)[nH]c1=O. The first-order valence-electron chi connectivity index (χ1n) is 13.8. The van der Waals surface area contributed by atoms with Crippen LogP contribution in [0, 0.1) is 12.8 Å². The first kappa shape index (κ1) is 32.7. The molecule has 1 aliphatic rings. The van der Waals surface area contributed by atoms with Gasteiger partial charge in [0.15, 0.2) is 8.32 Å². The quantitative estimate of drug-likeness (QED) is 0.176. The fourth-order valence-corrected chi connectivity index (χ4v) is 7.87. The normalized spacial score (nSPS) is 20.6. The Morgan fingerprint density at radius 3 is 2.52 bits per heavy atom. The highest BCUT2D eigenvalue weighted by Crippen LogP contribution is 2.41. The summed E-state index contributed by atoms with van der Waals surface area (Å²) in [5, 5.41) is 0.0882. The zero-order valence-corrected chi connectivity index (χ0v) is 27.7. The van der Waals surface area contributed by atoms with E-state index in [1.54, 1.807) is 34.6 Å². The predicted octanol–water partition coefficient (Wildman–Crippen LogP) is 6.48. The van der Waals surface area contributed by atoms with Gasteiger partial charge in [0, 0.05) is 29.2 Å². The molecule has 0 radical (unpaired) electrons. The van der Waals surface area contributed by atoms with E-state index in [4.69, 9.17) is 13.9 Å². The van der Waals surface area contributed by atoms with E-state index in [0.29, 0.717) is 17.0 Å². The van der Waals surface area contributed by atoms with Crippen molar-refractivity contribution in [2.75, 3.05) is 12.4 Å². The first-order chi connectivity index (χ1) is 18.6. The van der Waals surface area contributed by atoms with E-state index in [0.717, 1.165) is 11.3 Å². The molecular weight excluding hydrogens is 565 g/mol. The highest BCUT2D eigenvalue weighted by molar-refractivity contribution is 8.76. The van der Waals surface area contributed by atoms with Gasteiger partial charge in [0.1, 0.15) is 18.4 Å². The monoisotopic (exact) mass is 608 g/mol. The minimum Gasteiger partial charge on any atom is -0.456 e. The summed E-state index contributed by atoms with van der Waals surface area (Å²) >= 11 is 0. The van der Waals surface area contributed by atoms with Crippen molar-refractivity contribution in [3.63, 3.8) is 0 Å². The minimum absolute atomic E-state index is 0.00945. The molecule has 11 heteroatoms. The van der Waals surface area contributed by atoms with Crippen molar-refractivity contribution in [2.45, 2.75) is 96.7 Å². The van der Waals surface area contributed by atoms with E-state index in [-0.39, 0.29) is 23.3 Å². The lowest BCUT2D eigenvalue weighted by atomic mass is 10.0. The number of benzene rings is 1. The number of hydrogen-bond acceptors (Lipinski definition) is 8. The van der Waals surface area contributed by atoms with Crippen LogP contribution in [0.2, 0.25) is 18.1 Å². The molecule has 40 heavy (non-hydrogen) atoms. The second kappa shape index (κ2) is 13.5. The number of rotatable bonds is 11. The van der Waals surface area contributed by atoms with Gasteiger partial charge in [-0.25, -0.2) is 9.59 Å². The third-order valence-electron chi connectivity index (χ3n) is 7.54. The van der Waals surface area contributed by atoms with Crippen LogP contribution in [0.15, 0.2) is 40.1 Å². The van der Waals surface area contributed by atoms with Crippen LogP contribution in [0.25, 0.3) is 0 Å². The Morgan fingerprint density at radius 2 is 1.88 bits per heavy atom. The Kier molecular flexibility index (Phi) is 11.0. The van der Waals surface area contributed by atoms with Crippen LogP contribution in [0.4, 0.5) is 0 Å². The molecule has 0 aliphatic carbocycles. The number of aromatic nitrogens is 2. The molecule has 0 saturated carbocycles. The fourth-order valence-electron chi connectivity index (χ4n) is 4.02. The lowest BCUT2D eigenvalue weighted by Gasteiger charge is -2.37. The van der Waals surface area contributed by atoms with Crippen molar-refractivity contribution in [3.05, 3.63) is 68.0 Å². The molecule has 0 spiro atoms. The van der Waals surface area contributed by atoms with Crippen LogP contribution in [-0.4, -0.2) is 48.4 Å². The van der Waals surface area contributed by atoms with E-state index in [1.807, 2.05) is 18.2 Å². The van der Waals surface area contributed by atoms with Gasteiger partial charge in [-0.2, -0.15) is 0 Å². The van der Waals surface area contributed by atoms with E-state index in [9.17, 15) is 14.4 Å². The van der Waals surface area contributed by atoms with Crippen LogP contribution >= 0.6 is 21.6 Å². The topological polar surface area (TPSA) is 99.6 Å². The van der Waals surface area contributed by atoms with Gasteiger partial charge in [-0.1, -0.05) is 74.4 Å². The molecule has 0 amide bonds. The molecule has 3 rings (SSSR count). The minimum atomic E-state index is -2.12. The van der Waals surface area contributed by atoms with Crippen LogP contribution in [0.1, 0.15) is 80.9 Å². The number of H-pyrrole nitrogens is 1. The van der Waals surface area contributed by atoms with E-state index >= 15 is 0 Å². The van der Waals surface area contributed by atoms with Crippen molar-refractivity contribution in [1.82, 2.24) is 9.55 Å². The van der Waals surface area contributed by atoms with Gasteiger partial charge < -0.3 is 13.9 Å². The largest absolute Gasteiger partial charge is 0.456 e. The van der Waals surface area contributed by atoms with Crippen molar-refractivity contribution in [1.29, 1.82) is 0 Å². The van der Waals surface area contributed by atoms with E-state index < -0.39 is 44.0 Å². The maximum atomic E-state index is 13.6. The van der Waals surface area contributed by atoms with Crippen molar-refractivity contribution < 1.29 is 18.7 Å². The Hall–Kier alpha value is -1.79. The van der Waals surface area contributed by atoms with Gasteiger partial charge in [-0.3, -0.25) is 14.3 Å². The third-order valence-corrected chi connectivity index (χ3v) is 15.2. The molecule has 4 atom stereocenters. The average molecular weight is 609 g/mol. The summed E-state index contributed by atoms with van der Waals surface area (Å²) in [6, 6.07) is 7.55. The summed E-state index contributed by atoms with van der Waals surface area (Å²) < 4.78 is 20.2. The van der Waals surface area contributed by atoms with Crippen molar-refractivity contribution in [2.24, 2.45) is 5.92 Å². The lowest BCUT2D eigenvalue weighted by Crippen LogP contribution is -2.44. The molecule has 1 fully saturated rings. The molecule has 222 valence electrons. The van der Waals surface area contributed by atoms with Crippen LogP contribution in [0.5, 0.6) is 0 Å². The summed E-state index contributed by atoms with van der Waals surface area (Å²) in [7, 11) is 1.43. The van der Waals surface area contributed by atoms with Crippen molar-refractivity contribution >= 4 is 35.9 Å². The number of hydrogen-bond donors (Lipinski definition) is 1. The Bertz CT molecular complexity index is 1290. The second-order valence-electron chi connectivity index (χ2n) is 12.4. The highest BCUT2D eigenvalue weighted by atomic mass is 33.1. The van der Waals surface area contributed by atoms with Crippen molar-refractivity contribution in [3.8, 4) is 0 Å². The van der Waals surface area contributed by atoms with E-state index in [1.165, 1.54) is 10.8 Å². The molecule has 1 N–H and O–H groups in total. The average Bonchev–Trinajstić information content (AvgIpc) is 3.26. The standard InChI is InChI=1S/C29H44N2O6S2Si/c1-18(2)17-38-39-20(4)21-12-10-11-13-22(21)27(33)37-23-14-25(31-15-19(3)26(32)30-28(31)34)36-24(23)16-35-40(8,9)29(5,6)7/h10-13,15,18,20,23-25H,14,16-17H2,1-9H3,(H,30,32,34)/t20?,23?,24-,25-/m1/s1. The molecule has 2 aromatic rings. The van der Waals surface area contributed by atoms with Crippen LogP contribution in [-0.2, 0) is 13.9 Å². The summed E-state index contributed by atoms with van der Waals surface area (Å²) in [5.41, 5.74) is 0.846. The molecule has 0 bridgehead atoms. The Balaban J connectivity index is 1.85. The number of nitrogens with one attached hydrogen (secondary N) is 1. The molecule has 1 aromatic carbocycles. The number of carbonyl (C=O) groups excluding carboxylic acids is 1. The fraction of sp³-hybridized carbons (Fsp3) is 0.621. The lowest BCUT2D eigenvalue weighted by molar-refractivity contribution is -0.0498. The summed E-state index contributed by atoms with van der Waals surface area (Å²) in [6.07, 6.45) is -0.147. The van der Waals surface area contributed by atoms with Gasteiger partial charge in [-0.15, -0.1) is 0 Å². The Morgan fingerprint density at radius 1 is 1.20 bits per heavy atom. The molecule has 1 aliphatic heterocycles. The zero-order chi connectivity index (χ0) is 29.8. The predicted molar refractivity (Wildman–Crippen MR) is 167 cm³/mol. The molecule has 8 nitrogen and oxygen atoms in total. The summed E-state index contributed by atoms with van der Waals surface area (Å²) in [6.45, 7) is 19.1. The third kappa shape index (κ3) is 8.15. The number of aromatic amines is 1. The van der Waals surface area contributed by atoms with Gasteiger partial charge >= 0.3 is 11.7 Å². The van der Waals surface area contributed by atoms with Gasteiger partial charge in [-0.05, 0) is 49.5 Å². The molecular formula is C29H44N2O6S2Si. The summed E-state index contributed by atoms with van der Waals surface area (Å²) in [4.78, 5) is 40.5. The smallest absolute Gasteiger partial charge is 0.338 e. The van der Waals surface area contributed by atoms with E-state index in [2.05, 4.69) is 59.6 Å². The van der Waals surface area contributed by atoms with Gasteiger partial charge in [0.2, 0.25) is 0 Å². The number of esters is 1.